The molecule has 0 bridgehead atoms. The van der Waals surface area contributed by atoms with Crippen molar-refractivity contribution in [2.75, 3.05) is 0 Å². The summed E-state index contributed by atoms with van der Waals surface area (Å²) >= 11 is 3.02. The van der Waals surface area contributed by atoms with Crippen LogP contribution in [-0.2, 0) is 11.5 Å². The molecule has 126 valence electrons. The van der Waals surface area contributed by atoms with Gasteiger partial charge in [-0.2, -0.15) is 0 Å². The van der Waals surface area contributed by atoms with Crippen molar-refractivity contribution in [3.05, 3.63) is 100 Å². The first kappa shape index (κ1) is 17.6. The Bertz CT molecular complexity index is 777. The number of para-hydroxylation sites is 1. The Morgan fingerprint density at radius 3 is 1.52 bits per heavy atom. The third kappa shape index (κ3) is 4.87. The first-order valence-corrected chi connectivity index (χ1v) is 9.82. The first-order chi connectivity index (χ1) is 12.2. The number of nitro benzene ring substituents is 1. The van der Waals surface area contributed by atoms with Crippen LogP contribution in [0.5, 0.6) is 0 Å². The van der Waals surface area contributed by atoms with E-state index in [9.17, 15) is 10.1 Å². The van der Waals surface area contributed by atoms with Crippen LogP contribution in [0.2, 0.25) is 0 Å². The van der Waals surface area contributed by atoms with Crippen molar-refractivity contribution < 1.29 is 4.92 Å². The number of hydrogen-bond acceptors (Lipinski definition) is 4. The third-order valence-electron chi connectivity index (χ3n) is 3.62. The van der Waals surface area contributed by atoms with Crippen molar-refractivity contribution in [2.24, 2.45) is 0 Å². The molecule has 0 aromatic heterocycles. The van der Waals surface area contributed by atoms with E-state index in [1.54, 1.807) is 0 Å². The van der Waals surface area contributed by atoms with Gasteiger partial charge in [0.1, 0.15) is 0 Å². The lowest BCUT2D eigenvalue weighted by Gasteiger charge is -2.08. The fourth-order valence-electron chi connectivity index (χ4n) is 2.39. The fourth-order valence-corrected chi connectivity index (χ4v) is 4.47. The van der Waals surface area contributed by atoms with Crippen LogP contribution in [0.4, 0.5) is 5.69 Å². The predicted molar refractivity (Wildman–Crippen MR) is 105 cm³/mol. The summed E-state index contributed by atoms with van der Waals surface area (Å²) in [6, 6.07) is 25.6. The molecule has 0 aliphatic carbocycles. The van der Waals surface area contributed by atoms with Gasteiger partial charge >= 0.3 is 0 Å². The number of hydrogen-bond donors (Lipinski definition) is 0. The average molecular weight is 367 g/mol. The Morgan fingerprint density at radius 2 is 1.12 bits per heavy atom. The van der Waals surface area contributed by atoms with Gasteiger partial charge in [0.05, 0.1) is 14.7 Å². The minimum absolute atomic E-state index is 0.212. The zero-order valence-electron chi connectivity index (χ0n) is 13.5. The molecule has 0 aliphatic rings. The molecular weight excluding hydrogens is 350 g/mol. The summed E-state index contributed by atoms with van der Waals surface area (Å²) in [6.45, 7) is 0. The SMILES string of the molecule is O=[N+]([O-])c1c(SCc2ccccc2)cccc1SCc1ccccc1. The second kappa shape index (κ2) is 8.74. The predicted octanol–water partition coefficient (Wildman–Crippen LogP) is 6.18. The fraction of sp³-hybridized carbons (Fsp3) is 0.100. The lowest BCUT2D eigenvalue weighted by molar-refractivity contribution is -0.390. The molecule has 0 amide bonds. The lowest BCUT2D eigenvalue weighted by atomic mass is 10.2. The topological polar surface area (TPSA) is 43.1 Å². The first-order valence-electron chi connectivity index (χ1n) is 7.85. The smallest absolute Gasteiger partial charge is 0.258 e. The van der Waals surface area contributed by atoms with Crippen molar-refractivity contribution in [2.45, 2.75) is 21.3 Å². The van der Waals surface area contributed by atoms with E-state index in [0.29, 0.717) is 21.3 Å². The highest BCUT2D eigenvalue weighted by molar-refractivity contribution is 7.99. The van der Waals surface area contributed by atoms with Gasteiger partial charge in [-0.25, -0.2) is 0 Å². The van der Waals surface area contributed by atoms with Gasteiger partial charge in [-0.05, 0) is 23.3 Å². The monoisotopic (exact) mass is 367 g/mol. The molecule has 25 heavy (non-hydrogen) atoms. The summed E-state index contributed by atoms with van der Waals surface area (Å²) in [5, 5.41) is 11.6. The van der Waals surface area contributed by atoms with Gasteiger partial charge in [-0.15, -0.1) is 23.5 Å². The molecule has 0 aliphatic heterocycles. The van der Waals surface area contributed by atoms with Crippen LogP contribution in [0.25, 0.3) is 0 Å². The van der Waals surface area contributed by atoms with Gasteiger partial charge in [-0.3, -0.25) is 10.1 Å². The second-order valence-corrected chi connectivity index (χ2v) is 7.44. The molecule has 0 fully saturated rings. The number of thioether (sulfide) groups is 2. The molecule has 0 unspecified atom stereocenters. The van der Waals surface area contributed by atoms with Crippen molar-refractivity contribution in [3.63, 3.8) is 0 Å². The Morgan fingerprint density at radius 1 is 0.680 bits per heavy atom. The van der Waals surface area contributed by atoms with E-state index < -0.39 is 0 Å². The molecule has 3 aromatic rings. The van der Waals surface area contributed by atoms with Crippen LogP contribution >= 0.6 is 23.5 Å². The van der Waals surface area contributed by atoms with E-state index in [4.69, 9.17) is 0 Å². The molecule has 0 spiro atoms. The molecular formula is C20H17NO2S2. The van der Waals surface area contributed by atoms with Crippen molar-refractivity contribution in [1.29, 1.82) is 0 Å². The molecule has 0 heterocycles. The molecule has 3 rings (SSSR count). The summed E-state index contributed by atoms with van der Waals surface area (Å²) in [7, 11) is 0. The maximum absolute atomic E-state index is 11.6. The Hall–Kier alpha value is -2.24. The Labute approximate surface area is 155 Å². The molecule has 3 nitrogen and oxygen atoms in total. The van der Waals surface area contributed by atoms with E-state index in [1.165, 1.54) is 23.5 Å². The van der Waals surface area contributed by atoms with Crippen LogP contribution in [0.15, 0.2) is 88.7 Å². The normalized spacial score (nSPS) is 10.6. The van der Waals surface area contributed by atoms with Crippen LogP contribution in [0.1, 0.15) is 11.1 Å². The highest BCUT2D eigenvalue weighted by Crippen LogP contribution is 2.39. The van der Waals surface area contributed by atoms with Crippen LogP contribution in [-0.4, -0.2) is 4.92 Å². The third-order valence-corrected chi connectivity index (χ3v) is 5.86. The summed E-state index contributed by atoms with van der Waals surface area (Å²) in [5.41, 5.74) is 2.53. The average Bonchev–Trinajstić information content (AvgIpc) is 2.66. The number of rotatable bonds is 7. The summed E-state index contributed by atoms with van der Waals surface area (Å²) < 4.78 is 0. The van der Waals surface area contributed by atoms with Crippen LogP contribution in [0, 0.1) is 10.1 Å². The van der Waals surface area contributed by atoms with E-state index in [-0.39, 0.29) is 10.6 Å². The van der Waals surface area contributed by atoms with Gasteiger partial charge in [0, 0.05) is 11.5 Å². The minimum Gasteiger partial charge on any atom is -0.258 e. The van der Waals surface area contributed by atoms with Crippen molar-refractivity contribution >= 4 is 29.2 Å². The highest BCUT2D eigenvalue weighted by Gasteiger charge is 2.20. The standard InChI is InChI=1S/C20H17NO2S2/c22-21(23)20-18(24-14-16-8-3-1-4-9-16)12-7-13-19(20)25-15-17-10-5-2-6-11-17/h1-13H,14-15H2. The van der Waals surface area contributed by atoms with Gasteiger partial charge in [-0.1, -0.05) is 66.7 Å². The van der Waals surface area contributed by atoms with Crippen LogP contribution < -0.4 is 0 Å². The number of nitro groups is 1. The van der Waals surface area contributed by atoms with E-state index in [1.807, 2.05) is 78.9 Å². The van der Waals surface area contributed by atoms with E-state index in [2.05, 4.69) is 0 Å². The molecule has 5 heteroatoms. The molecule has 0 saturated carbocycles. The number of nitrogens with zero attached hydrogens (tertiary/aromatic N) is 1. The van der Waals surface area contributed by atoms with Crippen LogP contribution in [0.3, 0.4) is 0 Å². The quantitative estimate of drug-likeness (QED) is 0.284. The minimum atomic E-state index is -0.263. The molecule has 0 N–H and O–H groups in total. The zero-order chi connectivity index (χ0) is 17.5. The maximum atomic E-state index is 11.6. The molecule has 3 aromatic carbocycles. The Balaban J connectivity index is 1.78. The molecule has 0 atom stereocenters. The van der Waals surface area contributed by atoms with Gasteiger partial charge in [0.25, 0.3) is 5.69 Å². The zero-order valence-corrected chi connectivity index (χ0v) is 15.1. The van der Waals surface area contributed by atoms with E-state index in [0.717, 1.165) is 11.1 Å². The molecule has 0 saturated heterocycles. The van der Waals surface area contributed by atoms with Gasteiger partial charge < -0.3 is 0 Å². The maximum Gasteiger partial charge on any atom is 0.296 e. The van der Waals surface area contributed by atoms with Gasteiger partial charge in [0.2, 0.25) is 0 Å². The Kier molecular flexibility index (Phi) is 6.14. The summed E-state index contributed by atoms with van der Waals surface area (Å²) in [6.07, 6.45) is 0. The summed E-state index contributed by atoms with van der Waals surface area (Å²) in [5.74, 6) is 1.43. The second-order valence-electron chi connectivity index (χ2n) is 5.41. The van der Waals surface area contributed by atoms with Gasteiger partial charge in [0.15, 0.2) is 0 Å². The largest absolute Gasteiger partial charge is 0.296 e. The highest BCUT2D eigenvalue weighted by atomic mass is 32.2. The van der Waals surface area contributed by atoms with Crippen molar-refractivity contribution in [1.82, 2.24) is 0 Å². The molecule has 0 radical (unpaired) electrons. The van der Waals surface area contributed by atoms with E-state index >= 15 is 0 Å². The number of benzene rings is 3. The van der Waals surface area contributed by atoms with Crippen molar-refractivity contribution in [3.8, 4) is 0 Å². The lowest BCUT2D eigenvalue weighted by Crippen LogP contribution is -1.94. The summed E-state index contributed by atoms with van der Waals surface area (Å²) in [4.78, 5) is 12.8.